The van der Waals surface area contributed by atoms with Crippen LogP contribution in [0.25, 0.3) is 0 Å². The van der Waals surface area contributed by atoms with E-state index in [-0.39, 0.29) is 23.7 Å². The molecule has 1 aliphatic carbocycles. The van der Waals surface area contributed by atoms with Gasteiger partial charge < -0.3 is 0 Å². The molecule has 3 rings (SSSR count). The first-order chi connectivity index (χ1) is 9.49. The lowest BCUT2D eigenvalue weighted by atomic mass is 9.78. The molecule has 0 bridgehead atoms. The molecule has 0 aromatic heterocycles. The van der Waals surface area contributed by atoms with Crippen molar-refractivity contribution in [3.05, 3.63) is 40.4 Å². The number of benzene rings is 1. The second-order valence-electron chi connectivity index (χ2n) is 5.67. The zero-order chi connectivity index (χ0) is 14.4. The highest BCUT2D eigenvalue weighted by atomic mass is 35.5. The average Bonchev–Trinajstić information content (AvgIpc) is 2.65. The van der Waals surface area contributed by atoms with Gasteiger partial charge in [0.1, 0.15) is 0 Å². The van der Waals surface area contributed by atoms with Crippen LogP contribution in [0.5, 0.6) is 0 Å². The summed E-state index contributed by atoms with van der Waals surface area (Å²) in [5, 5.41) is 0.596. The van der Waals surface area contributed by atoms with Crippen molar-refractivity contribution in [1.82, 2.24) is 0 Å². The fraction of sp³-hybridized carbons (Fsp3) is 0.375. The number of fused-ring (bicyclic) bond motifs is 1. The first kappa shape index (κ1) is 13.4. The SMILES string of the molecule is CC1=C(C)C[C@H]2C(=O)N(c3ccc(Cl)cc3)C(=O)[C@H]2C1. The van der Waals surface area contributed by atoms with Crippen LogP contribution in [0.15, 0.2) is 35.4 Å². The third-order valence-electron chi connectivity index (χ3n) is 4.43. The number of imide groups is 1. The van der Waals surface area contributed by atoms with Crippen LogP contribution in [0.2, 0.25) is 5.02 Å². The quantitative estimate of drug-likeness (QED) is 0.585. The van der Waals surface area contributed by atoms with Gasteiger partial charge in [0, 0.05) is 5.02 Å². The molecular formula is C16H16ClNO2. The molecule has 2 atom stereocenters. The largest absolute Gasteiger partial charge is 0.274 e. The number of allylic oxidation sites excluding steroid dienone is 2. The van der Waals surface area contributed by atoms with Gasteiger partial charge in [0.2, 0.25) is 11.8 Å². The molecule has 1 heterocycles. The lowest BCUT2D eigenvalue weighted by Gasteiger charge is -2.23. The molecule has 2 amide bonds. The van der Waals surface area contributed by atoms with E-state index in [0.29, 0.717) is 23.6 Å². The summed E-state index contributed by atoms with van der Waals surface area (Å²) >= 11 is 5.86. The first-order valence-corrected chi connectivity index (χ1v) is 7.15. The van der Waals surface area contributed by atoms with Gasteiger partial charge in [-0.3, -0.25) is 14.5 Å². The van der Waals surface area contributed by atoms with Crippen LogP contribution >= 0.6 is 11.6 Å². The number of halogens is 1. The predicted molar refractivity (Wildman–Crippen MR) is 78.5 cm³/mol. The van der Waals surface area contributed by atoms with Crippen molar-refractivity contribution in [3.63, 3.8) is 0 Å². The molecule has 4 heteroatoms. The summed E-state index contributed by atoms with van der Waals surface area (Å²) in [6, 6.07) is 6.85. The maximum atomic E-state index is 12.5. The number of carbonyl (C=O) groups excluding carboxylic acids is 2. The molecule has 104 valence electrons. The van der Waals surface area contributed by atoms with Crippen LogP contribution in [-0.2, 0) is 9.59 Å². The summed E-state index contributed by atoms with van der Waals surface area (Å²) in [7, 11) is 0. The van der Waals surface area contributed by atoms with Crippen molar-refractivity contribution in [2.24, 2.45) is 11.8 Å². The van der Waals surface area contributed by atoms with E-state index >= 15 is 0 Å². The number of nitrogens with zero attached hydrogens (tertiary/aromatic N) is 1. The third-order valence-corrected chi connectivity index (χ3v) is 4.68. The van der Waals surface area contributed by atoms with Gasteiger partial charge in [-0.1, -0.05) is 22.7 Å². The Morgan fingerprint density at radius 3 is 1.85 bits per heavy atom. The molecule has 20 heavy (non-hydrogen) atoms. The van der Waals surface area contributed by atoms with E-state index in [0.717, 1.165) is 0 Å². The van der Waals surface area contributed by atoms with E-state index in [1.165, 1.54) is 16.0 Å². The lowest BCUT2D eigenvalue weighted by Crippen LogP contribution is -2.30. The molecule has 0 spiro atoms. The maximum absolute atomic E-state index is 12.5. The van der Waals surface area contributed by atoms with Crippen molar-refractivity contribution < 1.29 is 9.59 Å². The third kappa shape index (κ3) is 1.97. The molecule has 2 aliphatic rings. The second kappa shape index (κ2) is 4.74. The van der Waals surface area contributed by atoms with Gasteiger partial charge in [0.05, 0.1) is 17.5 Å². The van der Waals surface area contributed by atoms with E-state index in [2.05, 4.69) is 0 Å². The van der Waals surface area contributed by atoms with Crippen molar-refractivity contribution >= 4 is 29.1 Å². The zero-order valence-electron chi connectivity index (χ0n) is 11.5. The van der Waals surface area contributed by atoms with Gasteiger partial charge >= 0.3 is 0 Å². The van der Waals surface area contributed by atoms with Crippen LogP contribution < -0.4 is 4.90 Å². The minimum absolute atomic E-state index is 0.0748. The molecular weight excluding hydrogens is 274 g/mol. The Kier molecular flexibility index (Phi) is 3.17. The van der Waals surface area contributed by atoms with Crippen LogP contribution in [0, 0.1) is 11.8 Å². The van der Waals surface area contributed by atoms with E-state index in [9.17, 15) is 9.59 Å². The number of hydrogen-bond acceptors (Lipinski definition) is 2. The van der Waals surface area contributed by atoms with Gasteiger partial charge in [0.25, 0.3) is 0 Å². The monoisotopic (exact) mass is 289 g/mol. The van der Waals surface area contributed by atoms with Crippen molar-refractivity contribution in [2.45, 2.75) is 26.7 Å². The number of rotatable bonds is 1. The lowest BCUT2D eigenvalue weighted by molar-refractivity contribution is -0.122. The Hall–Kier alpha value is -1.61. The van der Waals surface area contributed by atoms with Crippen molar-refractivity contribution in [3.8, 4) is 0 Å². The fourth-order valence-corrected chi connectivity index (χ4v) is 3.22. The molecule has 1 aliphatic heterocycles. The van der Waals surface area contributed by atoms with E-state index in [1.54, 1.807) is 24.3 Å². The molecule has 3 nitrogen and oxygen atoms in total. The van der Waals surface area contributed by atoms with Crippen LogP contribution in [0.1, 0.15) is 26.7 Å². The van der Waals surface area contributed by atoms with Crippen molar-refractivity contribution in [2.75, 3.05) is 4.90 Å². The summed E-state index contributed by atoms with van der Waals surface area (Å²) < 4.78 is 0. The molecule has 0 saturated carbocycles. The Morgan fingerprint density at radius 2 is 1.40 bits per heavy atom. The average molecular weight is 290 g/mol. The number of anilines is 1. The predicted octanol–water partition coefficient (Wildman–Crippen LogP) is 3.58. The van der Waals surface area contributed by atoms with Gasteiger partial charge in [0.15, 0.2) is 0 Å². The van der Waals surface area contributed by atoms with Gasteiger partial charge in [-0.2, -0.15) is 0 Å². The highest BCUT2D eigenvalue weighted by molar-refractivity contribution is 6.30. The normalized spacial score (nSPS) is 26.2. The Balaban J connectivity index is 1.95. The van der Waals surface area contributed by atoms with Crippen LogP contribution in [-0.4, -0.2) is 11.8 Å². The number of amides is 2. The second-order valence-corrected chi connectivity index (χ2v) is 6.11. The highest BCUT2D eigenvalue weighted by Gasteiger charge is 2.49. The minimum Gasteiger partial charge on any atom is -0.274 e. The minimum atomic E-state index is -0.193. The number of hydrogen-bond donors (Lipinski definition) is 0. The summed E-state index contributed by atoms with van der Waals surface area (Å²) in [6.07, 6.45) is 1.40. The van der Waals surface area contributed by atoms with E-state index < -0.39 is 0 Å². The van der Waals surface area contributed by atoms with Gasteiger partial charge in [-0.25, -0.2) is 0 Å². The molecule has 0 radical (unpaired) electrons. The first-order valence-electron chi connectivity index (χ1n) is 6.77. The topological polar surface area (TPSA) is 37.4 Å². The maximum Gasteiger partial charge on any atom is 0.238 e. The van der Waals surface area contributed by atoms with Crippen LogP contribution in [0.3, 0.4) is 0 Å². The smallest absolute Gasteiger partial charge is 0.238 e. The summed E-state index contributed by atoms with van der Waals surface area (Å²) in [6.45, 7) is 4.10. The Bertz CT molecular complexity index is 586. The summed E-state index contributed by atoms with van der Waals surface area (Å²) in [4.78, 5) is 26.4. The van der Waals surface area contributed by atoms with E-state index in [4.69, 9.17) is 11.6 Å². The Labute approximate surface area is 123 Å². The zero-order valence-corrected chi connectivity index (χ0v) is 12.3. The number of carbonyl (C=O) groups is 2. The van der Waals surface area contributed by atoms with Crippen molar-refractivity contribution in [1.29, 1.82) is 0 Å². The van der Waals surface area contributed by atoms with E-state index in [1.807, 2.05) is 13.8 Å². The molecule has 1 aromatic carbocycles. The molecule has 1 aromatic rings. The molecule has 1 fully saturated rings. The van der Waals surface area contributed by atoms with Gasteiger partial charge in [-0.05, 0) is 51.0 Å². The van der Waals surface area contributed by atoms with Gasteiger partial charge in [-0.15, -0.1) is 0 Å². The molecule has 0 unspecified atom stereocenters. The molecule has 0 N–H and O–H groups in total. The molecule has 1 saturated heterocycles. The summed E-state index contributed by atoms with van der Waals surface area (Å²) in [5.41, 5.74) is 3.10. The fourth-order valence-electron chi connectivity index (χ4n) is 3.10. The van der Waals surface area contributed by atoms with Crippen LogP contribution in [0.4, 0.5) is 5.69 Å². The standard InChI is InChI=1S/C16H16ClNO2/c1-9-7-13-14(8-10(9)2)16(20)18(15(13)19)12-5-3-11(17)4-6-12/h3-6,13-14H,7-8H2,1-2H3/t13-,14+. The highest BCUT2D eigenvalue weighted by Crippen LogP contribution is 2.42. The summed E-state index contributed by atoms with van der Waals surface area (Å²) in [5.74, 6) is -0.535. The Morgan fingerprint density at radius 1 is 0.950 bits per heavy atom.